The third-order valence-electron chi connectivity index (χ3n) is 1.81. The van der Waals surface area contributed by atoms with E-state index in [1.807, 2.05) is 13.8 Å². The number of β-amino-alcohol motifs (C(OH)–C–C–N with tert-alkyl or cyclic N) is 1. The topological polar surface area (TPSA) is 23.5 Å². The van der Waals surface area contributed by atoms with E-state index >= 15 is 0 Å². The number of nitrogens with zero attached hydrogens (tertiary/aromatic N) is 1. The normalized spacial score (nSPS) is 19.9. The van der Waals surface area contributed by atoms with Crippen molar-refractivity contribution in [1.29, 1.82) is 0 Å². The fourth-order valence-corrected chi connectivity index (χ4v) is 1.49. The molecule has 1 rings (SSSR count). The van der Waals surface area contributed by atoms with Crippen LogP contribution in [0.25, 0.3) is 0 Å². The molecule has 0 aliphatic carbocycles. The van der Waals surface area contributed by atoms with Crippen LogP contribution < -0.4 is 0 Å². The molecule has 0 spiro atoms. The van der Waals surface area contributed by atoms with Crippen LogP contribution in [-0.2, 0) is 0 Å². The highest BCUT2D eigenvalue weighted by atomic mass is 16.3. The molecule has 2 nitrogen and oxygen atoms in total. The first-order valence-electron chi connectivity index (χ1n) is 4.03. The van der Waals surface area contributed by atoms with Crippen molar-refractivity contribution in [3.05, 3.63) is 0 Å². The van der Waals surface area contributed by atoms with Crippen molar-refractivity contribution in [1.82, 2.24) is 4.90 Å². The molecule has 1 fully saturated rings. The molecular weight excluding hydrogens is 138 g/mol. The van der Waals surface area contributed by atoms with Gasteiger partial charge < -0.3 is 10.0 Å². The van der Waals surface area contributed by atoms with Crippen LogP contribution in [0.3, 0.4) is 0 Å². The zero-order chi connectivity index (χ0) is 7.61. The lowest BCUT2D eigenvalue weighted by Gasteiger charge is -2.24. The molecule has 0 bridgehead atoms. The molecule has 0 aromatic carbocycles. The van der Waals surface area contributed by atoms with Crippen LogP contribution in [0, 0.1) is 0 Å². The quantitative estimate of drug-likeness (QED) is 0.660. The van der Waals surface area contributed by atoms with E-state index in [-0.39, 0.29) is 7.43 Å². The summed E-state index contributed by atoms with van der Waals surface area (Å²) in [5.41, 5.74) is -0.510. The van der Waals surface area contributed by atoms with Gasteiger partial charge in [-0.25, -0.2) is 0 Å². The maximum atomic E-state index is 9.44. The predicted molar refractivity (Wildman–Crippen MR) is 48.7 cm³/mol. The average molecular weight is 159 g/mol. The van der Waals surface area contributed by atoms with Crippen molar-refractivity contribution in [2.75, 3.05) is 19.6 Å². The Morgan fingerprint density at radius 3 is 2.09 bits per heavy atom. The van der Waals surface area contributed by atoms with Gasteiger partial charge in [0.05, 0.1) is 5.60 Å². The first kappa shape index (κ1) is 10.9. The van der Waals surface area contributed by atoms with E-state index < -0.39 is 5.60 Å². The van der Waals surface area contributed by atoms with Crippen molar-refractivity contribution in [2.24, 2.45) is 0 Å². The van der Waals surface area contributed by atoms with Crippen LogP contribution >= 0.6 is 0 Å². The van der Waals surface area contributed by atoms with Crippen LogP contribution in [0.1, 0.15) is 34.1 Å². The number of aliphatic hydroxyl groups is 1. The molecule has 0 aromatic heterocycles. The van der Waals surface area contributed by atoms with Crippen molar-refractivity contribution in [3.63, 3.8) is 0 Å². The monoisotopic (exact) mass is 159 g/mol. The van der Waals surface area contributed by atoms with Gasteiger partial charge in [-0.2, -0.15) is 0 Å². The Kier molecular flexibility index (Phi) is 4.04. The molecule has 0 saturated carbocycles. The molecule has 1 saturated heterocycles. The molecule has 0 radical (unpaired) electrons. The Labute approximate surface area is 70.2 Å². The summed E-state index contributed by atoms with van der Waals surface area (Å²) in [5.74, 6) is 0. The maximum absolute atomic E-state index is 9.44. The summed E-state index contributed by atoms with van der Waals surface area (Å²) in [6.07, 6.45) is 2.60. The van der Waals surface area contributed by atoms with Crippen LogP contribution in [0.4, 0.5) is 0 Å². The van der Waals surface area contributed by atoms with E-state index in [0.717, 1.165) is 6.54 Å². The van der Waals surface area contributed by atoms with E-state index in [0.29, 0.717) is 0 Å². The summed E-state index contributed by atoms with van der Waals surface area (Å²) in [6.45, 7) is 6.90. The van der Waals surface area contributed by atoms with Gasteiger partial charge in [0.25, 0.3) is 0 Å². The highest BCUT2D eigenvalue weighted by Crippen LogP contribution is 2.11. The van der Waals surface area contributed by atoms with Gasteiger partial charge in [0.15, 0.2) is 0 Å². The third-order valence-corrected chi connectivity index (χ3v) is 1.81. The van der Waals surface area contributed by atoms with Gasteiger partial charge in [-0.3, -0.25) is 0 Å². The Morgan fingerprint density at radius 1 is 1.27 bits per heavy atom. The molecular formula is C9H21NO. The Morgan fingerprint density at radius 2 is 1.73 bits per heavy atom. The molecule has 68 valence electrons. The summed E-state index contributed by atoms with van der Waals surface area (Å²) >= 11 is 0. The molecule has 0 amide bonds. The first-order valence-corrected chi connectivity index (χ1v) is 4.03. The minimum absolute atomic E-state index is 0. The van der Waals surface area contributed by atoms with Crippen LogP contribution in [-0.4, -0.2) is 35.2 Å². The van der Waals surface area contributed by atoms with Gasteiger partial charge >= 0.3 is 0 Å². The molecule has 1 aliphatic heterocycles. The summed E-state index contributed by atoms with van der Waals surface area (Å²) in [6, 6.07) is 0. The fraction of sp³-hybridized carbons (Fsp3) is 1.00. The summed E-state index contributed by atoms with van der Waals surface area (Å²) in [7, 11) is 0. The highest BCUT2D eigenvalue weighted by Gasteiger charge is 2.20. The van der Waals surface area contributed by atoms with Gasteiger partial charge in [0, 0.05) is 6.54 Å². The molecule has 11 heavy (non-hydrogen) atoms. The SMILES string of the molecule is C.CC(C)(O)CN1CCCC1. The third kappa shape index (κ3) is 4.38. The molecule has 1 heterocycles. The standard InChI is InChI=1S/C8H17NO.CH4/c1-8(2,10)7-9-5-3-4-6-9;/h10H,3-7H2,1-2H3;1H4. The number of hydrogen-bond acceptors (Lipinski definition) is 2. The lowest BCUT2D eigenvalue weighted by atomic mass is 10.1. The zero-order valence-corrected chi connectivity index (χ0v) is 6.93. The molecule has 1 aliphatic rings. The minimum Gasteiger partial charge on any atom is -0.389 e. The largest absolute Gasteiger partial charge is 0.389 e. The van der Waals surface area contributed by atoms with Gasteiger partial charge in [-0.15, -0.1) is 0 Å². The Bertz CT molecular complexity index is 101. The maximum Gasteiger partial charge on any atom is 0.0718 e. The number of likely N-dealkylation sites (tertiary alicyclic amines) is 1. The lowest BCUT2D eigenvalue weighted by Crippen LogP contribution is -2.36. The van der Waals surface area contributed by atoms with Gasteiger partial charge in [-0.1, -0.05) is 7.43 Å². The number of rotatable bonds is 2. The minimum atomic E-state index is -0.510. The fourth-order valence-electron chi connectivity index (χ4n) is 1.49. The van der Waals surface area contributed by atoms with Crippen LogP contribution in [0.15, 0.2) is 0 Å². The summed E-state index contributed by atoms with van der Waals surface area (Å²) in [5, 5.41) is 9.44. The van der Waals surface area contributed by atoms with Crippen LogP contribution in [0.2, 0.25) is 0 Å². The molecule has 0 aromatic rings. The second kappa shape index (κ2) is 4.07. The first-order chi connectivity index (χ1) is 4.58. The summed E-state index contributed by atoms with van der Waals surface area (Å²) < 4.78 is 0. The van der Waals surface area contributed by atoms with E-state index in [1.165, 1.54) is 25.9 Å². The van der Waals surface area contributed by atoms with Gasteiger partial charge in [-0.05, 0) is 39.8 Å². The zero-order valence-electron chi connectivity index (χ0n) is 6.93. The van der Waals surface area contributed by atoms with E-state index in [1.54, 1.807) is 0 Å². The summed E-state index contributed by atoms with van der Waals surface area (Å²) in [4.78, 5) is 2.32. The Hall–Kier alpha value is -0.0800. The van der Waals surface area contributed by atoms with Crippen molar-refractivity contribution >= 4 is 0 Å². The van der Waals surface area contributed by atoms with Crippen LogP contribution in [0.5, 0.6) is 0 Å². The Balaban J connectivity index is 0.000001000. The second-order valence-corrected chi connectivity index (χ2v) is 3.80. The molecule has 0 atom stereocenters. The van der Waals surface area contributed by atoms with Crippen molar-refractivity contribution in [2.45, 2.75) is 39.7 Å². The van der Waals surface area contributed by atoms with E-state index in [9.17, 15) is 5.11 Å². The predicted octanol–water partition coefficient (Wildman–Crippen LogP) is 1.49. The molecule has 2 heteroatoms. The average Bonchev–Trinajstić information content (AvgIpc) is 2.12. The molecule has 1 N–H and O–H groups in total. The van der Waals surface area contributed by atoms with Gasteiger partial charge in [0.1, 0.15) is 0 Å². The van der Waals surface area contributed by atoms with Crippen molar-refractivity contribution < 1.29 is 5.11 Å². The van der Waals surface area contributed by atoms with Gasteiger partial charge in [0.2, 0.25) is 0 Å². The highest BCUT2D eigenvalue weighted by molar-refractivity contribution is 4.75. The number of hydrogen-bond donors (Lipinski definition) is 1. The van der Waals surface area contributed by atoms with E-state index in [4.69, 9.17) is 0 Å². The van der Waals surface area contributed by atoms with E-state index in [2.05, 4.69) is 4.90 Å². The second-order valence-electron chi connectivity index (χ2n) is 3.80. The van der Waals surface area contributed by atoms with Crippen molar-refractivity contribution in [3.8, 4) is 0 Å². The molecule has 0 unspecified atom stereocenters. The lowest BCUT2D eigenvalue weighted by molar-refractivity contribution is 0.0440. The smallest absolute Gasteiger partial charge is 0.0718 e.